The Bertz CT molecular complexity index is 501. The van der Waals surface area contributed by atoms with Gasteiger partial charge in [-0.1, -0.05) is 37.3 Å². The van der Waals surface area contributed by atoms with Gasteiger partial charge in [0.05, 0.1) is 17.8 Å². The van der Waals surface area contributed by atoms with E-state index in [0.717, 1.165) is 32.5 Å². The topological polar surface area (TPSA) is 34.1 Å². The molecule has 0 saturated heterocycles. The van der Waals surface area contributed by atoms with Gasteiger partial charge in [0.25, 0.3) is 0 Å². The van der Waals surface area contributed by atoms with Gasteiger partial charge in [-0.3, -0.25) is 0 Å². The van der Waals surface area contributed by atoms with Crippen LogP contribution in [0, 0.1) is 0 Å². The summed E-state index contributed by atoms with van der Waals surface area (Å²) >= 11 is 1.67. The molecule has 0 aliphatic rings. The fraction of sp³-hybridized carbons (Fsp3) is 0.471. The Balaban J connectivity index is 2.18. The fourth-order valence-corrected chi connectivity index (χ4v) is 3.24. The predicted molar refractivity (Wildman–Crippen MR) is 89.0 cm³/mol. The molecule has 3 nitrogen and oxygen atoms in total. The number of benzene rings is 1. The summed E-state index contributed by atoms with van der Waals surface area (Å²) in [5.74, 6) is 0. The van der Waals surface area contributed by atoms with Gasteiger partial charge in [-0.25, -0.2) is 4.98 Å². The van der Waals surface area contributed by atoms with Gasteiger partial charge in [-0.2, -0.15) is 0 Å². The molecule has 0 amide bonds. The van der Waals surface area contributed by atoms with Crippen molar-refractivity contribution in [2.24, 2.45) is 0 Å². The molecule has 2 rings (SSSR count). The Morgan fingerprint density at radius 2 is 2.10 bits per heavy atom. The molecule has 2 aromatic rings. The van der Waals surface area contributed by atoms with Gasteiger partial charge >= 0.3 is 0 Å². The van der Waals surface area contributed by atoms with Crippen LogP contribution in [0.5, 0.6) is 0 Å². The van der Waals surface area contributed by atoms with E-state index in [9.17, 15) is 0 Å². The summed E-state index contributed by atoms with van der Waals surface area (Å²) in [6.07, 6.45) is 2.05. The van der Waals surface area contributed by atoms with Gasteiger partial charge in [0.2, 0.25) is 0 Å². The number of hydrogen-bond acceptors (Lipinski definition) is 4. The SMILES string of the molecule is CCC(CNCCOC)(Cc1cscn1)c1ccccc1. The Hall–Kier alpha value is -1.23. The van der Waals surface area contributed by atoms with Crippen molar-refractivity contribution in [2.45, 2.75) is 25.2 Å². The molecule has 1 unspecified atom stereocenters. The van der Waals surface area contributed by atoms with Crippen molar-refractivity contribution in [1.29, 1.82) is 0 Å². The van der Waals surface area contributed by atoms with Crippen molar-refractivity contribution in [3.8, 4) is 0 Å². The van der Waals surface area contributed by atoms with Crippen molar-refractivity contribution in [2.75, 3.05) is 26.8 Å². The van der Waals surface area contributed by atoms with Gasteiger partial charge < -0.3 is 10.1 Å². The first-order chi connectivity index (χ1) is 10.3. The van der Waals surface area contributed by atoms with E-state index in [-0.39, 0.29) is 5.41 Å². The standard InChI is InChI=1S/C17H24N2OS/c1-3-17(13-18-9-10-20-2,11-16-12-21-14-19-16)15-7-5-4-6-8-15/h4-8,12,14,18H,3,9-11,13H2,1-2H3. The Morgan fingerprint density at radius 1 is 1.29 bits per heavy atom. The highest BCUT2D eigenvalue weighted by Gasteiger charge is 2.30. The number of nitrogens with one attached hydrogen (secondary N) is 1. The van der Waals surface area contributed by atoms with E-state index in [1.54, 1.807) is 18.4 Å². The number of methoxy groups -OCH3 is 1. The largest absolute Gasteiger partial charge is 0.383 e. The molecule has 0 saturated carbocycles. The summed E-state index contributed by atoms with van der Waals surface area (Å²) in [5, 5.41) is 5.69. The lowest BCUT2D eigenvalue weighted by atomic mass is 9.74. The quantitative estimate of drug-likeness (QED) is 0.722. The molecular formula is C17H24N2OS. The molecular weight excluding hydrogens is 280 g/mol. The zero-order chi connectivity index (χ0) is 15.0. The van der Waals surface area contributed by atoms with Crippen LogP contribution in [-0.2, 0) is 16.6 Å². The third-order valence-electron chi connectivity index (χ3n) is 4.01. The summed E-state index contributed by atoms with van der Waals surface area (Å²) in [6.45, 7) is 4.82. The molecule has 0 radical (unpaired) electrons. The Morgan fingerprint density at radius 3 is 2.71 bits per heavy atom. The van der Waals surface area contributed by atoms with Gasteiger partial charge in [-0.05, 0) is 12.0 Å². The highest BCUT2D eigenvalue weighted by Crippen LogP contribution is 2.31. The van der Waals surface area contributed by atoms with Crippen LogP contribution in [0.3, 0.4) is 0 Å². The monoisotopic (exact) mass is 304 g/mol. The third-order valence-corrected chi connectivity index (χ3v) is 4.65. The number of rotatable bonds is 9. The number of aromatic nitrogens is 1. The normalized spacial score (nSPS) is 14.0. The zero-order valence-corrected chi connectivity index (χ0v) is 13.7. The van der Waals surface area contributed by atoms with Crippen LogP contribution < -0.4 is 5.32 Å². The molecule has 21 heavy (non-hydrogen) atoms. The lowest BCUT2D eigenvalue weighted by Gasteiger charge is -2.33. The second kappa shape index (κ2) is 8.27. The van der Waals surface area contributed by atoms with Crippen molar-refractivity contribution in [1.82, 2.24) is 10.3 Å². The van der Waals surface area contributed by atoms with Crippen LogP contribution in [0.15, 0.2) is 41.2 Å². The van der Waals surface area contributed by atoms with Crippen molar-refractivity contribution < 1.29 is 4.74 Å². The summed E-state index contributed by atoms with van der Waals surface area (Å²) in [7, 11) is 1.74. The van der Waals surface area contributed by atoms with E-state index in [4.69, 9.17) is 4.74 Å². The van der Waals surface area contributed by atoms with Crippen LogP contribution in [0.2, 0.25) is 0 Å². The molecule has 0 aliphatic heterocycles. The third kappa shape index (κ3) is 4.37. The zero-order valence-electron chi connectivity index (χ0n) is 12.8. The van der Waals surface area contributed by atoms with Gasteiger partial charge in [0.15, 0.2) is 0 Å². The maximum Gasteiger partial charge on any atom is 0.0794 e. The van der Waals surface area contributed by atoms with E-state index < -0.39 is 0 Å². The highest BCUT2D eigenvalue weighted by molar-refractivity contribution is 7.07. The van der Waals surface area contributed by atoms with E-state index >= 15 is 0 Å². The van der Waals surface area contributed by atoms with Gasteiger partial charge in [0, 0.05) is 37.4 Å². The van der Waals surface area contributed by atoms with E-state index in [1.807, 2.05) is 5.51 Å². The number of nitrogens with zero attached hydrogens (tertiary/aromatic N) is 1. The number of ether oxygens (including phenoxy) is 1. The molecule has 0 fully saturated rings. The molecule has 1 aromatic carbocycles. The Labute approximate surface area is 131 Å². The van der Waals surface area contributed by atoms with Gasteiger partial charge in [-0.15, -0.1) is 11.3 Å². The summed E-state index contributed by atoms with van der Waals surface area (Å²) in [6, 6.07) is 10.8. The number of hydrogen-bond donors (Lipinski definition) is 1. The van der Waals surface area contributed by atoms with Crippen molar-refractivity contribution in [3.63, 3.8) is 0 Å². The minimum absolute atomic E-state index is 0.0864. The highest BCUT2D eigenvalue weighted by atomic mass is 32.1. The molecule has 114 valence electrons. The summed E-state index contributed by atoms with van der Waals surface area (Å²) < 4.78 is 5.13. The van der Waals surface area contributed by atoms with Crippen LogP contribution in [0.1, 0.15) is 24.6 Å². The molecule has 4 heteroatoms. The molecule has 0 spiro atoms. The first-order valence-electron chi connectivity index (χ1n) is 7.43. The lowest BCUT2D eigenvalue weighted by molar-refractivity contribution is 0.196. The summed E-state index contributed by atoms with van der Waals surface area (Å²) in [4.78, 5) is 4.48. The second-order valence-electron chi connectivity index (χ2n) is 5.33. The smallest absolute Gasteiger partial charge is 0.0794 e. The van der Waals surface area contributed by atoms with Crippen molar-refractivity contribution in [3.05, 3.63) is 52.5 Å². The van der Waals surface area contributed by atoms with Gasteiger partial charge in [0.1, 0.15) is 0 Å². The number of thiazole rings is 1. The first kappa shape index (κ1) is 16.1. The second-order valence-corrected chi connectivity index (χ2v) is 6.04. The fourth-order valence-electron chi connectivity index (χ4n) is 2.69. The minimum atomic E-state index is 0.0864. The van der Waals surface area contributed by atoms with E-state index in [2.05, 4.69) is 52.9 Å². The molecule has 1 atom stereocenters. The molecule has 1 heterocycles. The predicted octanol–water partition coefficient (Wildman–Crippen LogP) is 3.27. The van der Waals surface area contributed by atoms with E-state index in [0.29, 0.717) is 0 Å². The van der Waals surface area contributed by atoms with E-state index in [1.165, 1.54) is 11.3 Å². The first-order valence-corrected chi connectivity index (χ1v) is 8.37. The van der Waals surface area contributed by atoms with Crippen LogP contribution in [-0.4, -0.2) is 31.8 Å². The minimum Gasteiger partial charge on any atom is -0.383 e. The van der Waals surface area contributed by atoms with Crippen LogP contribution in [0.25, 0.3) is 0 Å². The summed E-state index contributed by atoms with van der Waals surface area (Å²) in [5.41, 5.74) is 4.56. The van der Waals surface area contributed by atoms with Crippen LogP contribution >= 0.6 is 11.3 Å². The maximum atomic E-state index is 5.13. The maximum absolute atomic E-state index is 5.13. The van der Waals surface area contributed by atoms with Crippen LogP contribution in [0.4, 0.5) is 0 Å². The van der Waals surface area contributed by atoms with Crippen molar-refractivity contribution >= 4 is 11.3 Å². The lowest BCUT2D eigenvalue weighted by Crippen LogP contribution is -2.41. The molecule has 1 aromatic heterocycles. The molecule has 0 aliphatic carbocycles. The average molecular weight is 304 g/mol. The molecule has 1 N–H and O–H groups in total. The molecule has 0 bridgehead atoms. The average Bonchev–Trinajstić information content (AvgIpc) is 3.04. The Kier molecular flexibility index (Phi) is 6.36.